The molecule has 0 bridgehead atoms. The van der Waals surface area contributed by atoms with Crippen molar-refractivity contribution in [2.24, 2.45) is 4.99 Å². The zero-order chi connectivity index (χ0) is 20.6. The molecule has 2 aromatic rings. The van der Waals surface area contributed by atoms with Crippen LogP contribution in [0.4, 0.5) is 4.39 Å². The molecule has 0 radical (unpaired) electrons. The normalized spacial score (nSPS) is 11.8. The van der Waals surface area contributed by atoms with Crippen LogP contribution >= 0.6 is 35.3 Å². The van der Waals surface area contributed by atoms with Gasteiger partial charge in [0.2, 0.25) is 0 Å². The van der Waals surface area contributed by atoms with E-state index in [1.165, 1.54) is 24.5 Å². The van der Waals surface area contributed by atoms with E-state index < -0.39 is 15.7 Å². The molecule has 0 amide bonds. The monoisotopic (exact) mass is 554 g/mol. The number of nitrogens with one attached hydrogen (secondary N) is 2. The number of rotatable bonds is 9. The topological polar surface area (TPSA) is 83.5 Å². The van der Waals surface area contributed by atoms with Crippen LogP contribution in [0.25, 0.3) is 0 Å². The van der Waals surface area contributed by atoms with Crippen molar-refractivity contribution in [2.45, 2.75) is 39.0 Å². The van der Waals surface area contributed by atoms with E-state index in [2.05, 4.69) is 20.6 Å². The second-order valence-electron chi connectivity index (χ2n) is 6.59. The van der Waals surface area contributed by atoms with Gasteiger partial charge in [-0.1, -0.05) is 6.07 Å². The van der Waals surface area contributed by atoms with Crippen molar-refractivity contribution in [3.05, 3.63) is 51.2 Å². The summed E-state index contributed by atoms with van der Waals surface area (Å²) in [5.74, 6) is 0.0848. The fourth-order valence-corrected chi connectivity index (χ4v) is 4.30. The molecule has 0 aliphatic rings. The number of hydrogen-bond acceptors (Lipinski definition) is 5. The maximum absolute atomic E-state index is 13.6. The van der Waals surface area contributed by atoms with Gasteiger partial charge in [0.05, 0.1) is 17.3 Å². The SMILES string of the molecule is CCNC(=NCc1cc(F)ccc1CS(C)(=O)=O)NCCCc1nc(C)cs1.I. The number of aryl methyl sites for hydroxylation is 2. The van der Waals surface area contributed by atoms with Gasteiger partial charge in [-0.05, 0) is 43.5 Å². The molecule has 0 saturated heterocycles. The molecule has 1 heterocycles. The predicted octanol–water partition coefficient (Wildman–Crippen LogP) is 3.44. The standard InChI is InChI=1S/C19H27FN4O2S2.HI/c1-4-21-19(22-9-5-6-18-24-14(2)12-27-18)23-11-16-10-17(20)8-7-15(16)13-28(3,25)26;/h7-8,10,12H,4-6,9,11,13H2,1-3H3,(H2,21,22,23);1H. The number of thiazole rings is 1. The highest BCUT2D eigenvalue weighted by Crippen LogP contribution is 2.15. The Morgan fingerprint density at radius 2 is 2.03 bits per heavy atom. The molecule has 0 aliphatic heterocycles. The molecule has 0 saturated carbocycles. The van der Waals surface area contributed by atoms with E-state index in [4.69, 9.17) is 0 Å². The summed E-state index contributed by atoms with van der Waals surface area (Å²) in [6.07, 6.45) is 2.98. The zero-order valence-electron chi connectivity index (χ0n) is 16.9. The molecular formula is C19H28FIN4O2S2. The van der Waals surface area contributed by atoms with Gasteiger partial charge in [-0.3, -0.25) is 0 Å². The van der Waals surface area contributed by atoms with E-state index in [0.29, 0.717) is 23.6 Å². The van der Waals surface area contributed by atoms with Crippen molar-refractivity contribution in [3.63, 3.8) is 0 Å². The maximum atomic E-state index is 13.6. The first-order valence-corrected chi connectivity index (χ1v) is 12.1. The summed E-state index contributed by atoms with van der Waals surface area (Å²) in [5, 5.41) is 9.57. The molecule has 0 unspecified atom stereocenters. The van der Waals surface area contributed by atoms with Crippen LogP contribution in [0.2, 0.25) is 0 Å². The summed E-state index contributed by atoms with van der Waals surface area (Å²) in [6, 6.07) is 4.13. The van der Waals surface area contributed by atoms with Crippen LogP contribution in [0, 0.1) is 12.7 Å². The van der Waals surface area contributed by atoms with Crippen molar-refractivity contribution < 1.29 is 12.8 Å². The summed E-state index contributed by atoms with van der Waals surface area (Å²) >= 11 is 1.66. The van der Waals surface area contributed by atoms with Crippen LogP contribution < -0.4 is 10.6 Å². The Morgan fingerprint density at radius 3 is 2.66 bits per heavy atom. The fourth-order valence-electron chi connectivity index (χ4n) is 2.63. The number of sulfone groups is 1. The minimum absolute atomic E-state index is 0. The van der Waals surface area contributed by atoms with E-state index in [-0.39, 0.29) is 36.3 Å². The molecule has 6 nitrogen and oxygen atoms in total. The third-order valence-electron chi connectivity index (χ3n) is 3.86. The third kappa shape index (κ3) is 9.85. The van der Waals surface area contributed by atoms with Gasteiger partial charge in [0.1, 0.15) is 5.82 Å². The minimum atomic E-state index is -3.21. The largest absolute Gasteiger partial charge is 0.357 e. The molecule has 29 heavy (non-hydrogen) atoms. The molecule has 1 aromatic carbocycles. The molecular weight excluding hydrogens is 526 g/mol. The second-order valence-corrected chi connectivity index (χ2v) is 9.67. The van der Waals surface area contributed by atoms with Gasteiger partial charge in [-0.25, -0.2) is 22.8 Å². The molecule has 1 aromatic heterocycles. The summed E-state index contributed by atoms with van der Waals surface area (Å²) in [7, 11) is -3.21. The highest BCUT2D eigenvalue weighted by molar-refractivity contribution is 14.0. The van der Waals surface area contributed by atoms with E-state index in [9.17, 15) is 12.8 Å². The first-order chi connectivity index (χ1) is 13.3. The number of benzene rings is 1. The van der Waals surface area contributed by atoms with Crippen LogP contribution in [0.1, 0.15) is 35.2 Å². The summed E-state index contributed by atoms with van der Waals surface area (Å²) in [6.45, 7) is 5.57. The molecule has 2 rings (SSSR count). The number of nitrogens with zero attached hydrogens (tertiary/aromatic N) is 2. The minimum Gasteiger partial charge on any atom is -0.357 e. The lowest BCUT2D eigenvalue weighted by Gasteiger charge is -2.12. The number of hydrogen-bond donors (Lipinski definition) is 2. The van der Waals surface area contributed by atoms with E-state index in [1.807, 2.05) is 19.2 Å². The van der Waals surface area contributed by atoms with Crippen LogP contribution in [-0.2, 0) is 28.6 Å². The Labute approximate surface area is 193 Å². The van der Waals surface area contributed by atoms with Gasteiger partial charge >= 0.3 is 0 Å². The Morgan fingerprint density at radius 1 is 1.28 bits per heavy atom. The smallest absolute Gasteiger partial charge is 0.191 e. The number of aliphatic imine (C=N–C) groups is 1. The van der Waals surface area contributed by atoms with Gasteiger partial charge in [0.15, 0.2) is 15.8 Å². The van der Waals surface area contributed by atoms with Gasteiger partial charge in [-0.15, -0.1) is 35.3 Å². The average Bonchev–Trinajstić information content (AvgIpc) is 3.02. The van der Waals surface area contributed by atoms with Crippen LogP contribution in [0.3, 0.4) is 0 Å². The molecule has 0 atom stereocenters. The lowest BCUT2D eigenvalue weighted by Crippen LogP contribution is -2.37. The summed E-state index contributed by atoms with van der Waals surface area (Å²) < 4.78 is 36.9. The Bertz CT molecular complexity index is 917. The van der Waals surface area contributed by atoms with E-state index in [0.717, 1.165) is 30.1 Å². The molecule has 0 fully saturated rings. The number of aromatic nitrogens is 1. The number of halogens is 2. The maximum Gasteiger partial charge on any atom is 0.191 e. The highest BCUT2D eigenvalue weighted by atomic mass is 127. The van der Waals surface area contributed by atoms with Gasteiger partial charge in [-0.2, -0.15) is 0 Å². The second kappa shape index (κ2) is 12.4. The van der Waals surface area contributed by atoms with Crippen molar-refractivity contribution in [1.82, 2.24) is 15.6 Å². The molecule has 0 spiro atoms. The summed E-state index contributed by atoms with van der Waals surface area (Å²) in [4.78, 5) is 8.93. The molecule has 10 heteroatoms. The van der Waals surface area contributed by atoms with Gasteiger partial charge < -0.3 is 10.6 Å². The first-order valence-electron chi connectivity index (χ1n) is 9.15. The lowest BCUT2D eigenvalue weighted by molar-refractivity contribution is 0.600. The molecule has 0 aliphatic carbocycles. The predicted molar refractivity (Wildman–Crippen MR) is 128 cm³/mol. The Hall–Kier alpha value is -1.27. The van der Waals surface area contributed by atoms with Gasteiger partial charge in [0, 0.05) is 36.8 Å². The quantitative estimate of drug-likeness (QED) is 0.215. The van der Waals surface area contributed by atoms with E-state index >= 15 is 0 Å². The first kappa shape index (κ1) is 25.8. The van der Waals surface area contributed by atoms with Crippen LogP contribution in [0.15, 0.2) is 28.6 Å². The van der Waals surface area contributed by atoms with E-state index in [1.54, 1.807) is 11.3 Å². The Kier molecular flexibility index (Phi) is 11.0. The van der Waals surface area contributed by atoms with Crippen molar-refractivity contribution >= 4 is 51.1 Å². The summed E-state index contributed by atoms with van der Waals surface area (Å²) in [5.41, 5.74) is 2.19. The van der Waals surface area contributed by atoms with Crippen LogP contribution in [-0.4, -0.2) is 38.7 Å². The molecule has 2 N–H and O–H groups in total. The molecule has 162 valence electrons. The van der Waals surface area contributed by atoms with Gasteiger partial charge in [0.25, 0.3) is 0 Å². The van der Waals surface area contributed by atoms with Crippen LogP contribution in [0.5, 0.6) is 0 Å². The zero-order valence-corrected chi connectivity index (χ0v) is 20.8. The van der Waals surface area contributed by atoms with Crippen molar-refractivity contribution in [1.29, 1.82) is 0 Å². The Balaban J connectivity index is 0.00000420. The average molecular weight is 554 g/mol. The third-order valence-corrected chi connectivity index (χ3v) is 5.73. The highest BCUT2D eigenvalue weighted by Gasteiger charge is 2.11. The number of guanidine groups is 1. The lowest BCUT2D eigenvalue weighted by atomic mass is 10.1. The van der Waals surface area contributed by atoms with Crippen molar-refractivity contribution in [3.8, 4) is 0 Å². The fraction of sp³-hybridized carbons (Fsp3) is 0.474. The van der Waals surface area contributed by atoms with Crippen molar-refractivity contribution in [2.75, 3.05) is 19.3 Å².